The van der Waals surface area contributed by atoms with Gasteiger partial charge < -0.3 is 0 Å². The van der Waals surface area contributed by atoms with Crippen molar-refractivity contribution in [1.82, 2.24) is 0 Å². The molecule has 2 rings (SSSR count). The Morgan fingerprint density at radius 1 is 1.18 bits per heavy atom. The first-order valence-electron chi connectivity index (χ1n) is 5.40. The number of carbonyl (C=O) groups excluding carboxylic acids is 1. The van der Waals surface area contributed by atoms with Crippen LogP contribution in [0, 0.1) is 13.8 Å². The van der Waals surface area contributed by atoms with Crippen LogP contribution in [-0.2, 0) is 6.42 Å². The maximum absolute atomic E-state index is 12.1. The molecule has 1 nitrogen and oxygen atoms in total. The number of aryl methyl sites for hydroxylation is 2. The van der Waals surface area contributed by atoms with Gasteiger partial charge in [-0.2, -0.15) is 0 Å². The van der Waals surface area contributed by atoms with E-state index in [9.17, 15) is 4.79 Å². The van der Waals surface area contributed by atoms with Gasteiger partial charge >= 0.3 is 0 Å². The lowest BCUT2D eigenvalue weighted by atomic mass is 10.0. The van der Waals surface area contributed by atoms with Gasteiger partial charge in [0.15, 0.2) is 5.78 Å². The number of halogens is 1. The lowest BCUT2D eigenvalue weighted by molar-refractivity contribution is 0.0993. The van der Waals surface area contributed by atoms with E-state index >= 15 is 0 Å². The molecule has 2 aromatic rings. The van der Waals surface area contributed by atoms with Gasteiger partial charge in [-0.3, -0.25) is 4.79 Å². The van der Waals surface area contributed by atoms with Crippen molar-refractivity contribution in [1.29, 1.82) is 0 Å². The maximum Gasteiger partial charge on any atom is 0.168 e. The highest BCUT2D eigenvalue weighted by Gasteiger charge is 2.09. The van der Waals surface area contributed by atoms with E-state index in [2.05, 4.69) is 22.0 Å². The third kappa shape index (κ3) is 3.27. The first kappa shape index (κ1) is 12.5. The van der Waals surface area contributed by atoms with Crippen LogP contribution in [0.25, 0.3) is 0 Å². The fourth-order valence-electron chi connectivity index (χ4n) is 1.84. The van der Waals surface area contributed by atoms with Crippen LogP contribution >= 0.6 is 27.3 Å². The van der Waals surface area contributed by atoms with Crippen LogP contribution < -0.4 is 0 Å². The Bertz CT molecular complexity index is 537. The van der Waals surface area contributed by atoms with E-state index < -0.39 is 0 Å². The molecule has 0 bridgehead atoms. The number of benzene rings is 1. The summed E-state index contributed by atoms with van der Waals surface area (Å²) in [4.78, 5) is 13.2. The number of ketones is 1. The molecule has 3 heteroatoms. The van der Waals surface area contributed by atoms with Crippen LogP contribution in [-0.4, -0.2) is 5.78 Å². The van der Waals surface area contributed by atoms with Crippen molar-refractivity contribution in [3.8, 4) is 0 Å². The van der Waals surface area contributed by atoms with Crippen LogP contribution in [0.5, 0.6) is 0 Å². The molecular weight excluding hydrogens is 296 g/mol. The molecule has 17 heavy (non-hydrogen) atoms. The summed E-state index contributed by atoms with van der Waals surface area (Å²) in [6.45, 7) is 4.04. The summed E-state index contributed by atoms with van der Waals surface area (Å²) in [7, 11) is 0. The molecule has 0 fully saturated rings. The molecule has 1 heterocycles. The quantitative estimate of drug-likeness (QED) is 0.760. The Hall–Kier alpha value is -0.930. The minimum atomic E-state index is 0.186. The molecule has 1 aromatic carbocycles. The lowest BCUT2D eigenvalue weighted by Gasteiger charge is -2.03. The standard InChI is InChI=1S/C14H13BrOS/c1-9-5-10(2)7-11(6-9)13(16)8-12-3-4-14(15)17-12/h3-7H,8H2,1-2H3. The number of hydrogen-bond acceptors (Lipinski definition) is 2. The zero-order chi connectivity index (χ0) is 12.4. The summed E-state index contributed by atoms with van der Waals surface area (Å²) in [6, 6.07) is 9.97. The van der Waals surface area contributed by atoms with Gasteiger partial charge in [0, 0.05) is 16.9 Å². The van der Waals surface area contributed by atoms with E-state index in [0.29, 0.717) is 6.42 Å². The predicted molar refractivity (Wildman–Crippen MR) is 76.0 cm³/mol. The minimum Gasteiger partial charge on any atom is -0.294 e. The van der Waals surface area contributed by atoms with E-state index in [1.807, 2.05) is 38.1 Å². The highest BCUT2D eigenvalue weighted by Crippen LogP contribution is 2.23. The van der Waals surface area contributed by atoms with Gasteiger partial charge in [-0.05, 0) is 54.0 Å². The normalized spacial score (nSPS) is 10.5. The van der Waals surface area contributed by atoms with Crippen molar-refractivity contribution in [2.24, 2.45) is 0 Å². The topological polar surface area (TPSA) is 17.1 Å². The monoisotopic (exact) mass is 308 g/mol. The van der Waals surface area contributed by atoms with Crippen LogP contribution in [0.2, 0.25) is 0 Å². The van der Waals surface area contributed by atoms with E-state index in [1.54, 1.807) is 11.3 Å². The second-order valence-electron chi connectivity index (χ2n) is 4.18. The van der Waals surface area contributed by atoms with E-state index in [0.717, 1.165) is 25.4 Å². The molecule has 0 spiro atoms. The van der Waals surface area contributed by atoms with Gasteiger partial charge in [-0.25, -0.2) is 0 Å². The summed E-state index contributed by atoms with van der Waals surface area (Å²) in [5.41, 5.74) is 3.09. The molecule has 0 N–H and O–H groups in total. The fraction of sp³-hybridized carbons (Fsp3) is 0.214. The SMILES string of the molecule is Cc1cc(C)cc(C(=O)Cc2ccc(Br)s2)c1. The summed E-state index contributed by atoms with van der Waals surface area (Å²) in [5.74, 6) is 0.186. The van der Waals surface area contributed by atoms with Gasteiger partial charge in [-0.1, -0.05) is 17.2 Å². The molecule has 0 saturated heterocycles. The first-order chi connectivity index (χ1) is 8.04. The fourth-order valence-corrected chi connectivity index (χ4v) is 3.32. The van der Waals surface area contributed by atoms with Crippen molar-refractivity contribution in [2.75, 3.05) is 0 Å². The van der Waals surface area contributed by atoms with Gasteiger partial charge in [-0.15, -0.1) is 11.3 Å². The van der Waals surface area contributed by atoms with Crippen molar-refractivity contribution >= 4 is 33.0 Å². The Balaban J connectivity index is 2.19. The summed E-state index contributed by atoms with van der Waals surface area (Å²) in [6.07, 6.45) is 0.485. The number of Topliss-reactive ketones (excluding diaryl/α,β-unsaturated/α-hetero) is 1. The molecule has 0 amide bonds. The Kier molecular flexibility index (Phi) is 3.79. The number of carbonyl (C=O) groups is 1. The molecule has 0 aliphatic heterocycles. The highest BCUT2D eigenvalue weighted by atomic mass is 79.9. The molecule has 0 saturated carbocycles. The average molecular weight is 309 g/mol. The third-order valence-electron chi connectivity index (χ3n) is 2.51. The van der Waals surface area contributed by atoms with E-state index in [4.69, 9.17) is 0 Å². The molecule has 0 radical (unpaired) electrons. The van der Waals surface area contributed by atoms with E-state index in [-0.39, 0.29) is 5.78 Å². The van der Waals surface area contributed by atoms with Crippen molar-refractivity contribution in [2.45, 2.75) is 20.3 Å². The second kappa shape index (κ2) is 5.15. The molecule has 0 atom stereocenters. The largest absolute Gasteiger partial charge is 0.294 e. The molecule has 0 aliphatic rings. The van der Waals surface area contributed by atoms with Crippen molar-refractivity contribution < 1.29 is 4.79 Å². The predicted octanol–water partition coefficient (Wildman–Crippen LogP) is 4.55. The first-order valence-corrected chi connectivity index (χ1v) is 7.01. The number of hydrogen-bond donors (Lipinski definition) is 0. The average Bonchev–Trinajstić information content (AvgIpc) is 2.62. The molecule has 0 aliphatic carbocycles. The molecule has 88 valence electrons. The Morgan fingerprint density at radius 3 is 2.35 bits per heavy atom. The molecule has 1 aromatic heterocycles. The molecular formula is C14H13BrOS. The van der Waals surface area contributed by atoms with Crippen molar-refractivity contribution in [3.05, 3.63) is 55.7 Å². The summed E-state index contributed by atoms with van der Waals surface area (Å²) >= 11 is 5.02. The summed E-state index contributed by atoms with van der Waals surface area (Å²) in [5, 5.41) is 0. The zero-order valence-corrected chi connectivity index (χ0v) is 12.2. The third-order valence-corrected chi connectivity index (χ3v) is 4.13. The minimum absolute atomic E-state index is 0.186. The lowest BCUT2D eigenvalue weighted by Crippen LogP contribution is -2.03. The number of rotatable bonds is 3. The highest BCUT2D eigenvalue weighted by molar-refractivity contribution is 9.11. The smallest absolute Gasteiger partial charge is 0.168 e. The summed E-state index contributed by atoms with van der Waals surface area (Å²) < 4.78 is 1.07. The van der Waals surface area contributed by atoms with Crippen LogP contribution in [0.1, 0.15) is 26.4 Å². The Morgan fingerprint density at radius 2 is 1.82 bits per heavy atom. The van der Waals surface area contributed by atoms with Gasteiger partial charge in [0.1, 0.15) is 0 Å². The second-order valence-corrected chi connectivity index (χ2v) is 6.73. The van der Waals surface area contributed by atoms with Gasteiger partial charge in [0.2, 0.25) is 0 Å². The van der Waals surface area contributed by atoms with Crippen molar-refractivity contribution in [3.63, 3.8) is 0 Å². The van der Waals surface area contributed by atoms with Crippen LogP contribution in [0.4, 0.5) is 0 Å². The van der Waals surface area contributed by atoms with E-state index in [1.165, 1.54) is 0 Å². The zero-order valence-electron chi connectivity index (χ0n) is 9.79. The maximum atomic E-state index is 12.1. The number of thiophene rings is 1. The molecule has 0 unspecified atom stereocenters. The van der Waals surface area contributed by atoms with Gasteiger partial charge in [0.25, 0.3) is 0 Å². The van der Waals surface area contributed by atoms with Crippen LogP contribution in [0.15, 0.2) is 34.1 Å². The van der Waals surface area contributed by atoms with Crippen LogP contribution in [0.3, 0.4) is 0 Å². The van der Waals surface area contributed by atoms with Gasteiger partial charge in [0.05, 0.1) is 3.79 Å². The Labute approximate surface area is 114 Å².